The van der Waals surface area contributed by atoms with Gasteiger partial charge < -0.3 is 0 Å². The smallest absolute Gasteiger partial charge is 0.0741 e. The summed E-state index contributed by atoms with van der Waals surface area (Å²) in [4.78, 5) is 2.97. The fraction of sp³-hybridized carbons (Fsp3) is 0.286. The average Bonchev–Trinajstić information content (AvgIpc) is 2.62. The maximum atomic E-state index is 3.82. The van der Waals surface area contributed by atoms with E-state index >= 15 is 0 Å². The molecule has 3 heteroatoms. The number of aryl methyl sites for hydroxylation is 2. The molecule has 0 amide bonds. The molecule has 1 atom stereocenters. The zero-order chi connectivity index (χ0) is 12.6. The highest BCUT2D eigenvalue weighted by atomic mass is 79.9. The monoisotopic (exact) mass is 372 g/mol. The lowest BCUT2D eigenvalue weighted by atomic mass is 10.0. The minimum absolute atomic E-state index is 0.289. The molecule has 2 aromatic rings. The average molecular weight is 374 g/mol. The topological polar surface area (TPSA) is 0 Å². The molecule has 1 aromatic heterocycles. The molecular formula is C14H14Br2S. The predicted octanol–water partition coefficient (Wildman–Crippen LogP) is 5.92. The molecule has 0 spiro atoms. The first-order valence-electron chi connectivity index (χ1n) is 5.46. The molecule has 0 aliphatic rings. The van der Waals surface area contributed by atoms with Crippen molar-refractivity contribution in [3.8, 4) is 0 Å². The Hall–Kier alpha value is -0.120. The van der Waals surface area contributed by atoms with Crippen LogP contribution in [0, 0.1) is 20.8 Å². The third-order valence-electron chi connectivity index (χ3n) is 3.05. The Labute approximate surface area is 123 Å². The van der Waals surface area contributed by atoms with E-state index < -0.39 is 0 Å². The van der Waals surface area contributed by atoms with Crippen molar-refractivity contribution in [2.24, 2.45) is 0 Å². The van der Waals surface area contributed by atoms with Gasteiger partial charge in [0.15, 0.2) is 0 Å². The summed E-state index contributed by atoms with van der Waals surface area (Å²) >= 11 is 9.23. The molecule has 0 nitrogen and oxygen atoms in total. The van der Waals surface area contributed by atoms with Crippen LogP contribution in [0.15, 0.2) is 28.7 Å². The maximum Gasteiger partial charge on any atom is 0.0741 e. The van der Waals surface area contributed by atoms with Gasteiger partial charge in [-0.2, -0.15) is 0 Å². The predicted molar refractivity (Wildman–Crippen MR) is 83.4 cm³/mol. The molecule has 17 heavy (non-hydrogen) atoms. The largest absolute Gasteiger partial charge is 0.143 e. The molecule has 0 aliphatic heterocycles. The quantitative estimate of drug-likeness (QED) is 0.573. The number of hydrogen-bond donors (Lipinski definition) is 0. The Kier molecular flexibility index (Phi) is 4.11. The minimum Gasteiger partial charge on any atom is -0.143 e. The molecule has 0 saturated heterocycles. The van der Waals surface area contributed by atoms with E-state index in [9.17, 15) is 0 Å². The summed E-state index contributed by atoms with van der Waals surface area (Å²) in [7, 11) is 0. The molecule has 0 bridgehead atoms. The van der Waals surface area contributed by atoms with E-state index in [4.69, 9.17) is 0 Å². The number of hydrogen-bond acceptors (Lipinski definition) is 1. The number of halogens is 2. The van der Waals surface area contributed by atoms with Crippen molar-refractivity contribution >= 4 is 43.2 Å². The van der Waals surface area contributed by atoms with Crippen molar-refractivity contribution in [2.75, 3.05) is 0 Å². The third kappa shape index (κ3) is 2.67. The number of rotatable bonds is 2. The molecule has 0 aliphatic carbocycles. The fourth-order valence-electron chi connectivity index (χ4n) is 1.81. The van der Waals surface area contributed by atoms with Gasteiger partial charge in [0.1, 0.15) is 0 Å². The Morgan fingerprint density at radius 1 is 1.18 bits per heavy atom. The molecule has 0 N–H and O–H groups in total. The Balaban J connectivity index is 2.43. The van der Waals surface area contributed by atoms with E-state index in [0.717, 1.165) is 0 Å². The summed E-state index contributed by atoms with van der Waals surface area (Å²) in [6.07, 6.45) is 0. The lowest BCUT2D eigenvalue weighted by molar-refractivity contribution is 1.15. The van der Waals surface area contributed by atoms with E-state index in [1.165, 1.54) is 30.9 Å². The van der Waals surface area contributed by atoms with Crippen LogP contribution in [-0.2, 0) is 0 Å². The molecule has 1 aromatic carbocycles. The summed E-state index contributed by atoms with van der Waals surface area (Å²) in [5.41, 5.74) is 4.08. The van der Waals surface area contributed by atoms with E-state index in [-0.39, 0.29) is 4.83 Å². The number of benzene rings is 1. The highest BCUT2D eigenvalue weighted by Gasteiger charge is 2.16. The Morgan fingerprint density at radius 2 is 1.88 bits per heavy atom. The van der Waals surface area contributed by atoms with Gasteiger partial charge in [-0.1, -0.05) is 34.1 Å². The maximum absolute atomic E-state index is 3.82. The van der Waals surface area contributed by atoms with E-state index in [1.807, 2.05) is 11.3 Å². The Morgan fingerprint density at radius 3 is 2.47 bits per heavy atom. The second kappa shape index (κ2) is 5.25. The van der Waals surface area contributed by atoms with Crippen molar-refractivity contribution in [1.29, 1.82) is 0 Å². The molecule has 0 fully saturated rings. The highest BCUT2D eigenvalue weighted by molar-refractivity contribution is 9.10. The molecule has 90 valence electrons. The van der Waals surface area contributed by atoms with Gasteiger partial charge in [-0.15, -0.1) is 11.3 Å². The molecule has 2 rings (SSSR count). The van der Waals surface area contributed by atoms with Gasteiger partial charge >= 0.3 is 0 Å². The van der Waals surface area contributed by atoms with Crippen LogP contribution in [-0.4, -0.2) is 0 Å². The first-order valence-corrected chi connectivity index (χ1v) is 7.99. The molecule has 1 heterocycles. The second-order valence-corrected chi connectivity index (χ2v) is 7.26. The zero-order valence-corrected chi connectivity index (χ0v) is 14.0. The SMILES string of the molecule is Cc1cccc(C(Br)c2cc(Br)c(C)s2)c1C. The lowest BCUT2D eigenvalue weighted by Gasteiger charge is -2.13. The van der Waals surface area contributed by atoms with E-state index in [1.54, 1.807) is 0 Å². The molecule has 0 saturated carbocycles. The van der Waals surface area contributed by atoms with Gasteiger partial charge in [0.25, 0.3) is 0 Å². The van der Waals surface area contributed by atoms with Crippen LogP contribution in [0.4, 0.5) is 0 Å². The van der Waals surface area contributed by atoms with Gasteiger partial charge in [-0.05, 0) is 59.5 Å². The van der Waals surface area contributed by atoms with Crippen molar-refractivity contribution in [2.45, 2.75) is 25.6 Å². The summed E-state index contributed by atoms with van der Waals surface area (Å²) < 4.78 is 1.20. The zero-order valence-electron chi connectivity index (χ0n) is 10.1. The van der Waals surface area contributed by atoms with E-state index in [2.05, 4.69) is 76.9 Å². The minimum atomic E-state index is 0.289. The first kappa shape index (κ1) is 13.3. The van der Waals surface area contributed by atoms with Crippen molar-refractivity contribution in [3.05, 3.63) is 55.2 Å². The molecule has 1 unspecified atom stereocenters. The van der Waals surface area contributed by atoms with Crippen LogP contribution in [0.2, 0.25) is 0 Å². The van der Waals surface area contributed by atoms with Crippen molar-refractivity contribution < 1.29 is 0 Å². The summed E-state index contributed by atoms with van der Waals surface area (Å²) in [6, 6.07) is 8.70. The molecule has 0 radical (unpaired) electrons. The third-order valence-corrected chi connectivity index (χ3v) is 6.54. The number of thiophene rings is 1. The standard InChI is InChI=1S/C14H14Br2S/c1-8-5-4-6-11(9(8)2)14(16)13-7-12(15)10(3)17-13/h4-7,14H,1-3H3. The van der Waals surface area contributed by atoms with Gasteiger partial charge in [0, 0.05) is 14.2 Å². The van der Waals surface area contributed by atoms with Crippen LogP contribution >= 0.6 is 43.2 Å². The van der Waals surface area contributed by atoms with Gasteiger partial charge in [-0.25, -0.2) is 0 Å². The van der Waals surface area contributed by atoms with Crippen LogP contribution in [0.1, 0.15) is 31.3 Å². The van der Waals surface area contributed by atoms with Gasteiger partial charge in [-0.3, -0.25) is 0 Å². The van der Waals surface area contributed by atoms with Gasteiger partial charge in [0.2, 0.25) is 0 Å². The summed E-state index contributed by atoms with van der Waals surface area (Å²) in [5, 5.41) is 0. The fourth-order valence-corrected chi connectivity index (χ4v) is 4.27. The van der Waals surface area contributed by atoms with Crippen LogP contribution in [0.25, 0.3) is 0 Å². The number of alkyl halides is 1. The van der Waals surface area contributed by atoms with Crippen molar-refractivity contribution in [1.82, 2.24) is 0 Å². The summed E-state index contributed by atoms with van der Waals surface area (Å²) in [6.45, 7) is 6.49. The van der Waals surface area contributed by atoms with Gasteiger partial charge in [0.05, 0.1) is 4.83 Å². The highest BCUT2D eigenvalue weighted by Crippen LogP contribution is 2.40. The van der Waals surface area contributed by atoms with Crippen LogP contribution < -0.4 is 0 Å². The summed E-state index contributed by atoms with van der Waals surface area (Å²) in [5.74, 6) is 0. The molecular weight excluding hydrogens is 360 g/mol. The second-order valence-electron chi connectivity index (χ2n) is 4.20. The normalized spacial score (nSPS) is 12.8. The van der Waals surface area contributed by atoms with Crippen molar-refractivity contribution in [3.63, 3.8) is 0 Å². The first-order chi connectivity index (χ1) is 8.00. The lowest BCUT2D eigenvalue weighted by Crippen LogP contribution is -1.95. The van der Waals surface area contributed by atoms with E-state index in [0.29, 0.717) is 0 Å². The Bertz CT molecular complexity index is 524. The van der Waals surface area contributed by atoms with Crippen LogP contribution in [0.3, 0.4) is 0 Å². The van der Waals surface area contributed by atoms with Crippen LogP contribution in [0.5, 0.6) is 0 Å².